The summed E-state index contributed by atoms with van der Waals surface area (Å²) < 4.78 is 0. The van der Waals surface area contributed by atoms with Crippen molar-refractivity contribution in [3.05, 3.63) is 34.4 Å². The average Bonchev–Trinajstić information content (AvgIpc) is 2.70. The van der Waals surface area contributed by atoms with Crippen LogP contribution in [-0.2, 0) is 10.8 Å². The molecule has 0 aliphatic heterocycles. The van der Waals surface area contributed by atoms with E-state index in [-0.39, 0.29) is 10.8 Å². The standard InChI is InChI=1S/C28H34O4/c29-25(30)21-1-2-22(26(31)32)24(28-12-18-6-19(13-28)8-20(7-18)14-28)23(21)27-9-15-3-16(10-27)5-17(4-15)11-27/h1-2,15-20H,3-14H2,(H,29,30)(H,31,32). The SMILES string of the molecule is O=C(O)c1ccc(C(=O)O)c(C23CC4CC(CC(C4)C2)C3)c1C12CC3CC(CC(C3)C1)C2. The number of hydrogen-bond donors (Lipinski definition) is 2. The van der Waals surface area contributed by atoms with Gasteiger partial charge >= 0.3 is 11.9 Å². The Kier molecular flexibility index (Phi) is 3.92. The van der Waals surface area contributed by atoms with Crippen LogP contribution in [0, 0.1) is 35.5 Å². The van der Waals surface area contributed by atoms with Gasteiger partial charge in [-0.2, -0.15) is 0 Å². The van der Waals surface area contributed by atoms with Crippen molar-refractivity contribution >= 4 is 11.9 Å². The molecule has 1 aromatic carbocycles. The molecule has 8 saturated carbocycles. The Morgan fingerprint density at radius 3 is 1.03 bits per heavy atom. The summed E-state index contributed by atoms with van der Waals surface area (Å²) in [4.78, 5) is 25.3. The molecule has 4 nitrogen and oxygen atoms in total. The van der Waals surface area contributed by atoms with E-state index in [0.717, 1.165) is 49.7 Å². The molecule has 0 saturated heterocycles. The Hall–Kier alpha value is -1.84. The second-order valence-electron chi connectivity index (χ2n) is 12.9. The molecule has 0 atom stereocenters. The number of rotatable bonds is 4. The zero-order valence-corrected chi connectivity index (χ0v) is 18.8. The van der Waals surface area contributed by atoms with Crippen molar-refractivity contribution in [2.45, 2.75) is 87.9 Å². The van der Waals surface area contributed by atoms with Crippen LogP contribution >= 0.6 is 0 Å². The molecule has 0 unspecified atom stereocenters. The summed E-state index contributed by atoms with van der Waals surface area (Å²) in [7, 11) is 0. The number of benzene rings is 1. The van der Waals surface area contributed by atoms with E-state index in [0.29, 0.717) is 46.6 Å². The molecule has 8 aliphatic rings. The summed E-state index contributed by atoms with van der Waals surface area (Å²) >= 11 is 0. The average molecular weight is 435 g/mol. The molecule has 8 bridgehead atoms. The highest BCUT2D eigenvalue weighted by Gasteiger charge is 2.58. The van der Waals surface area contributed by atoms with Crippen molar-refractivity contribution in [2.24, 2.45) is 35.5 Å². The topological polar surface area (TPSA) is 74.6 Å². The van der Waals surface area contributed by atoms with Gasteiger partial charge in [-0.3, -0.25) is 0 Å². The largest absolute Gasteiger partial charge is 0.478 e. The molecule has 8 aliphatic carbocycles. The third kappa shape index (κ3) is 2.61. The van der Waals surface area contributed by atoms with Crippen molar-refractivity contribution in [1.82, 2.24) is 0 Å². The van der Waals surface area contributed by atoms with Crippen LogP contribution in [-0.4, -0.2) is 22.2 Å². The van der Waals surface area contributed by atoms with E-state index in [9.17, 15) is 19.8 Å². The molecule has 4 heteroatoms. The van der Waals surface area contributed by atoms with Crippen molar-refractivity contribution in [3.63, 3.8) is 0 Å². The monoisotopic (exact) mass is 434 g/mol. The van der Waals surface area contributed by atoms with Crippen molar-refractivity contribution in [3.8, 4) is 0 Å². The number of aromatic carboxylic acids is 2. The van der Waals surface area contributed by atoms with Crippen LogP contribution in [0.2, 0.25) is 0 Å². The van der Waals surface area contributed by atoms with Crippen LogP contribution in [0.25, 0.3) is 0 Å². The zero-order chi connectivity index (χ0) is 21.8. The van der Waals surface area contributed by atoms with E-state index < -0.39 is 11.9 Å². The van der Waals surface area contributed by atoms with Gasteiger partial charge in [-0.1, -0.05) is 0 Å². The molecular weight excluding hydrogens is 400 g/mol. The van der Waals surface area contributed by atoms with Gasteiger partial charge in [0.2, 0.25) is 0 Å². The highest BCUT2D eigenvalue weighted by Crippen LogP contribution is 2.66. The van der Waals surface area contributed by atoms with E-state index in [1.165, 1.54) is 38.5 Å². The number of carboxylic acids is 2. The van der Waals surface area contributed by atoms with Crippen LogP contribution in [0.1, 0.15) is 109 Å². The Bertz CT molecular complexity index is 869. The fourth-order valence-corrected chi connectivity index (χ4v) is 10.9. The molecule has 1 aromatic rings. The third-order valence-electron chi connectivity index (χ3n) is 10.8. The Morgan fingerprint density at radius 1 is 0.562 bits per heavy atom. The quantitative estimate of drug-likeness (QED) is 0.608. The first-order chi connectivity index (χ1) is 15.3. The first-order valence-corrected chi connectivity index (χ1v) is 13.0. The van der Waals surface area contributed by atoms with Gasteiger partial charge in [-0.25, -0.2) is 9.59 Å². The molecule has 9 rings (SSSR count). The molecule has 170 valence electrons. The molecule has 8 fully saturated rings. The Morgan fingerprint density at radius 2 is 0.812 bits per heavy atom. The maximum atomic E-state index is 12.6. The van der Waals surface area contributed by atoms with Gasteiger partial charge in [0.1, 0.15) is 0 Å². The van der Waals surface area contributed by atoms with Crippen LogP contribution in [0.15, 0.2) is 12.1 Å². The van der Waals surface area contributed by atoms with E-state index in [4.69, 9.17) is 0 Å². The lowest BCUT2D eigenvalue weighted by molar-refractivity contribution is -0.0183. The van der Waals surface area contributed by atoms with Crippen LogP contribution in [0.4, 0.5) is 0 Å². The lowest BCUT2D eigenvalue weighted by Crippen LogP contribution is -2.53. The van der Waals surface area contributed by atoms with Gasteiger partial charge < -0.3 is 10.2 Å². The minimum absolute atomic E-state index is 0.118. The molecule has 32 heavy (non-hydrogen) atoms. The Balaban J connectivity index is 1.50. The third-order valence-corrected chi connectivity index (χ3v) is 10.8. The molecular formula is C28H34O4. The van der Waals surface area contributed by atoms with E-state index in [2.05, 4.69) is 0 Å². The van der Waals surface area contributed by atoms with E-state index >= 15 is 0 Å². The molecule has 0 amide bonds. The summed E-state index contributed by atoms with van der Waals surface area (Å²) in [6.07, 6.45) is 14.2. The Labute approximate surface area is 189 Å². The molecule has 0 spiro atoms. The fraction of sp³-hybridized carbons (Fsp3) is 0.714. The normalized spacial score (nSPS) is 45.4. The van der Waals surface area contributed by atoms with Gasteiger partial charge in [0.05, 0.1) is 11.1 Å². The zero-order valence-electron chi connectivity index (χ0n) is 18.8. The fourth-order valence-electron chi connectivity index (χ4n) is 10.9. The minimum Gasteiger partial charge on any atom is -0.478 e. The van der Waals surface area contributed by atoms with Crippen molar-refractivity contribution < 1.29 is 19.8 Å². The highest BCUT2D eigenvalue weighted by molar-refractivity contribution is 5.96. The first-order valence-electron chi connectivity index (χ1n) is 13.0. The summed E-state index contributed by atoms with van der Waals surface area (Å²) in [5.74, 6) is 2.45. The number of carboxylic acid groups (broad SMARTS) is 2. The second-order valence-corrected chi connectivity index (χ2v) is 12.9. The lowest BCUT2D eigenvalue weighted by atomic mass is 9.43. The number of carbonyl (C=O) groups is 2. The van der Waals surface area contributed by atoms with E-state index in [1.54, 1.807) is 12.1 Å². The van der Waals surface area contributed by atoms with Crippen molar-refractivity contribution in [2.75, 3.05) is 0 Å². The van der Waals surface area contributed by atoms with Crippen LogP contribution in [0.5, 0.6) is 0 Å². The molecule has 2 N–H and O–H groups in total. The smallest absolute Gasteiger partial charge is 0.335 e. The maximum Gasteiger partial charge on any atom is 0.335 e. The predicted molar refractivity (Wildman–Crippen MR) is 120 cm³/mol. The van der Waals surface area contributed by atoms with Gasteiger partial charge in [-0.15, -0.1) is 0 Å². The highest BCUT2D eigenvalue weighted by atomic mass is 16.4. The summed E-state index contributed by atoms with van der Waals surface area (Å²) in [5, 5.41) is 20.7. The van der Waals surface area contributed by atoms with Crippen LogP contribution in [0.3, 0.4) is 0 Å². The van der Waals surface area contributed by atoms with E-state index in [1.807, 2.05) is 0 Å². The molecule has 0 heterocycles. The molecule has 0 radical (unpaired) electrons. The van der Waals surface area contributed by atoms with Gasteiger partial charge in [0.15, 0.2) is 0 Å². The minimum atomic E-state index is -0.862. The summed E-state index contributed by atoms with van der Waals surface area (Å²) in [6.45, 7) is 0. The summed E-state index contributed by atoms with van der Waals surface area (Å²) in [5.41, 5.74) is 2.58. The number of hydrogen-bond acceptors (Lipinski definition) is 2. The first kappa shape index (κ1) is 19.6. The van der Waals surface area contributed by atoms with Gasteiger partial charge in [0.25, 0.3) is 0 Å². The van der Waals surface area contributed by atoms with Crippen molar-refractivity contribution in [1.29, 1.82) is 0 Å². The molecule has 0 aromatic heterocycles. The lowest BCUT2D eigenvalue weighted by Gasteiger charge is -2.61. The van der Waals surface area contributed by atoms with Gasteiger partial charge in [-0.05, 0) is 147 Å². The second kappa shape index (κ2) is 6.39. The predicted octanol–water partition coefficient (Wildman–Crippen LogP) is 6.02. The maximum absolute atomic E-state index is 12.6. The van der Waals surface area contributed by atoms with Crippen LogP contribution < -0.4 is 0 Å². The summed E-state index contributed by atoms with van der Waals surface area (Å²) in [6, 6.07) is 3.29. The van der Waals surface area contributed by atoms with Gasteiger partial charge in [0, 0.05) is 0 Å².